The second kappa shape index (κ2) is 5.28. The molecule has 1 aliphatic rings. The van der Waals surface area contributed by atoms with Crippen LogP contribution in [0.1, 0.15) is 24.8 Å². The van der Waals surface area contributed by atoms with Gasteiger partial charge in [0.15, 0.2) is 0 Å². The molecule has 88 valence electrons. The second-order valence-corrected chi connectivity index (χ2v) is 5.60. The summed E-state index contributed by atoms with van der Waals surface area (Å²) in [7, 11) is 2.13. The quantitative estimate of drug-likeness (QED) is 0.813. The minimum atomic E-state index is -0.189. The lowest BCUT2D eigenvalue weighted by Crippen LogP contribution is -2.29. The van der Waals surface area contributed by atoms with Crippen LogP contribution in [0.2, 0.25) is 0 Å². The van der Waals surface area contributed by atoms with Crippen LogP contribution in [-0.2, 0) is 6.54 Å². The summed E-state index contributed by atoms with van der Waals surface area (Å²) in [6, 6.07) is 5.25. The molecule has 0 amide bonds. The standard InChI is InChI=1S/C13H17BrFN/c1-16(8-10-3-2-4-10)9-11-5-6-13(15)12(14)7-11/h5-7,10H,2-4,8-9H2,1H3. The Kier molecular flexibility index (Phi) is 3.98. The van der Waals surface area contributed by atoms with Crippen LogP contribution in [0.15, 0.2) is 22.7 Å². The Balaban J connectivity index is 1.89. The Labute approximate surface area is 105 Å². The van der Waals surface area contributed by atoms with Crippen LogP contribution in [0.4, 0.5) is 4.39 Å². The van der Waals surface area contributed by atoms with Gasteiger partial charge in [0.05, 0.1) is 4.47 Å². The summed E-state index contributed by atoms with van der Waals surface area (Å²) < 4.78 is 13.6. The normalized spacial score (nSPS) is 16.5. The third-order valence-corrected chi connectivity index (χ3v) is 3.84. The van der Waals surface area contributed by atoms with Crippen molar-refractivity contribution in [1.29, 1.82) is 0 Å². The van der Waals surface area contributed by atoms with E-state index in [1.54, 1.807) is 0 Å². The van der Waals surface area contributed by atoms with Crippen LogP contribution < -0.4 is 0 Å². The number of hydrogen-bond acceptors (Lipinski definition) is 1. The van der Waals surface area contributed by atoms with Crippen molar-refractivity contribution < 1.29 is 4.39 Å². The van der Waals surface area contributed by atoms with Crippen molar-refractivity contribution in [1.82, 2.24) is 4.90 Å². The van der Waals surface area contributed by atoms with Crippen molar-refractivity contribution in [3.63, 3.8) is 0 Å². The van der Waals surface area contributed by atoms with Gasteiger partial charge in [-0.2, -0.15) is 0 Å². The highest BCUT2D eigenvalue weighted by molar-refractivity contribution is 9.10. The highest BCUT2D eigenvalue weighted by Crippen LogP contribution is 2.27. The van der Waals surface area contributed by atoms with E-state index < -0.39 is 0 Å². The van der Waals surface area contributed by atoms with E-state index in [9.17, 15) is 4.39 Å². The summed E-state index contributed by atoms with van der Waals surface area (Å²) in [5, 5.41) is 0. The van der Waals surface area contributed by atoms with Crippen LogP contribution in [0.5, 0.6) is 0 Å². The Morgan fingerprint density at radius 1 is 1.44 bits per heavy atom. The van der Waals surface area contributed by atoms with E-state index in [-0.39, 0.29) is 5.82 Å². The van der Waals surface area contributed by atoms with E-state index in [4.69, 9.17) is 0 Å². The van der Waals surface area contributed by atoms with Gasteiger partial charge in [-0.05, 0) is 59.4 Å². The van der Waals surface area contributed by atoms with E-state index in [1.165, 1.54) is 25.3 Å². The molecular weight excluding hydrogens is 269 g/mol. The topological polar surface area (TPSA) is 3.24 Å². The molecule has 1 aromatic carbocycles. The van der Waals surface area contributed by atoms with E-state index >= 15 is 0 Å². The van der Waals surface area contributed by atoms with E-state index in [0.717, 1.165) is 24.6 Å². The molecule has 1 nitrogen and oxygen atoms in total. The lowest BCUT2D eigenvalue weighted by molar-refractivity contribution is 0.200. The van der Waals surface area contributed by atoms with Gasteiger partial charge in [-0.3, -0.25) is 0 Å². The maximum atomic E-state index is 13.0. The zero-order valence-corrected chi connectivity index (χ0v) is 11.1. The predicted octanol–water partition coefficient (Wildman–Crippen LogP) is 3.82. The third-order valence-electron chi connectivity index (χ3n) is 3.23. The molecule has 1 saturated carbocycles. The maximum absolute atomic E-state index is 13.0. The predicted molar refractivity (Wildman–Crippen MR) is 67.8 cm³/mol. The van der Waals surface area contributed by atoms with E-state index in [1.807, 2.05) is 12.1 Å². The number of nitrogens with zero attached hydrogens (tertiary/aromatic N) is 1. The summed E-state index contributed by atoms with van der Waals surface area (Å²) in [6.07, 6.45) is 4.13. The minimum absolute atomic E-state index is 0.189. The van der Waals surface area contributed by atoms with Gasteiger partial charge in [0, 0.05) is 13.1 Å². The largest absolute Gasteiger partial charge is 0.302 e. The molecule has 0 atom stereocenters. The highest BCUT2D eigenvalue weighted by atomic mass is 79.9. The zero-order valence-electron chi connectivity index (χ0n) is 9.55. The number of benzene rings is 1. The lowest BCUT2D eigenvalue weighted by atomic mass is 9.85. The van der Waals surface area contributed by atoms with Gasteiger partial charge in [0.25, 0.3) is 0 Å². The molecule has 0 spiro atoms. The second-order valence-electron chi connectivity index (χ2n) is 4.74. The van der Waals surface area contributed by atoms with Crippen LogP contribution in [0, 0.1) is 11.7 Å². The molecule has 0 radical (unpaired) electrons. The third kappa shape index (κ3) is 3.05. The average Bonchev–Trinajstić information content (AvgIpc) is 2.18. The first-order valence-electron chi connectivity index (χ1n) is 5.77. The SMILES string of the molecule is CN(Cc1ccc(F)c(Br)c1)CC1CCC1. The number of halogens is 2. The summed E-state index contributed by atoms with van der Waals surface area (Å²) in [5.74, 6) is 0.694. The molecule has 0 heterocycles. The van der Waals surface area contributed by atoms with E-state index in [0.29, 0.717) is 4.47 Å². The van der Waals surface area contributed by atoms with Crippen molar-refractivity contribution in [3.05, 3.63) is 34.1 Å². The summed E-state index contributed by atoms with van der Waals surface area (Å²) in [6.45, 7) is 2.06. The van der Waals surface area contributed by atoms with Crippen LogP contribution in [0.25, 0.3) is 0 Å². The molecule has 2 rings (SSSR count). The zero-order chi connectivity index (χ0) is 11.5. The van der Waals surface area contributed by atoms with Crippen molar-refractivity contribution >= 4 is 15.9 Å². The molecule has 1 aliphatic carbocycles. The first-order chi connectivity index (χ1) is 7.65. The van der Waals surface area contributed by atoms with Gasteiger partial charge in [-0.25, -0.2) is 4.39 Å². The van der Waals surface area contributed by atoms with Gasteiger partial charge in [-0.1, -0.05) is 12.5 Å². The van der Waals surface area contributed by atoms with Crippen LogP contribution in [-0.4, -0.2) is 18.5 Å². The van der Waals surface area contributed by atoms with Gasteiger partial charge >= 0.3 is 0 Å². The molecule has 0 saturated heterocycles. The summed E-state index contributed by atoms with van der Waals surface area (Å²) >= 11 is 3.22. The fraction of sp³-hybridized carbons (Fsp3) is 0.538. The van der Waals surface area contributed by atoms with Gasteiger partial charge in [0.1, 0.15) is 5.82 Å². The summed E-state index contributed by atoms with van der Waals surface area (Å²) in [4.78, 5) is 2.32. The average molecular weight is 286 g/mol. The molecule has 0 aliphatic heterocycles. The monoisotopic (exact) mass is 285 g/mol. The number of rotatable bonds is 4. The van der Waals surface area contributed by atoms with Crippen molar-refractivity contribution in [2.75, 3.05) is 13.6 Å². The van der Waals surface area contributed by atoms with Crippen molar-refractivity contribution in [2.45, 2.75) is 25.8 Å². The molecule has 0 bridgehead atoms. The number of hydrogen-bond donors (Lipinski definition) is 0. The first-order valence-corrected chi connectivity index (χ1v) is 6.57. The molecule has 1 fully saturated rings. The highest BCUT2D eigenvalue weighted by Gasteiger charge is 2.18. The van der Waals surface area contributed by atoms with Crippen molar-refractivity contribution in [2.24, 2.45) is 5.92 Å². The molecule has 0 N–H and O–H groups in total. The summed E-state index contributed by atoms with van der Waals surface area (Å²) in [5.41, 5.74) is 1.16. The minimum Gasteiger partial charge on any atom is -0.302 e. The molecule has 16 heavy (non-hydrogen) atoms. The van der Waals surface area contributed by atoms with Crippen LogP contribution >= 0.6 is 15.9 Å². The maximum Gasteiger partial charge on any atom is 0.137 e. The molecule has 1 aromatic rings. The van der Waals surface area contributed by atoms with E-state index in [2.05, 4.69) is 27.9 Å². The Morgan fingerprint density at radius 2 is 2.19 bits per heavy atom. The molecule has 0 aromatic heterocycles. The van der Waals surface area contributed by atoms with Crippen LogP contribution in [0.3, 0.4) is 0 Å². The molecule has 3 heteroatoms. The smallest absolute Gasteiger partial charge is 0.137 e. The van der Waals surface area contributed by atoms with Crippen molar-refractivity contribution in [3.8, 4) is 0 Å². The Hall–Kier alpha value is -0.410. The first kappa shape index (κ1) is 12.1. The Bertz CT molecular complexity index is 363. The lowest BCUT2D eigenvalue weighted by Gasteiger charge is -2.30. The molecule has 0 unspecified atom stereocenters. The fourth-order valence-corrected chi connectivity index (χ4v) is 2.56. The molecular formula is C13H17BrFN. The Morgan fingerprint density at radius 3 is 2.75 bits per heavy atom. The van der Waals surface area contributed by atoms with Gasteiger partial charge in [-0.15, -0.1) is 0 Å². The fourth-order valence-electron chi connectivity index (χ4n) is 2.13. The van der Waals surface area contributed by atoms with Gasteiger partial charge in [0.2, 0.25) is 0 Å². The van der Waals surface area contributed by atoms with Gasteiger partial charge < -0.3 is 4.90 Å².